The second-order valence-corrected chi connectivity index (χ2v) is 8.68. The van der Waals surface area contributed by atoms with E-state index in [0.717, 1.165) is 12.3 Å². The van der Waals surface area contributed by atoms with E-state index in [-0.39, 0.29) is 30.2 Å². The number of carbonyl (C=O) groups is 2. The van der Waals surface area contributed by atoms with Crippen molar-refractivity contribution in [1.82, 2.24) is 30.6 Å². The highest BCUT2D eigenvalue weighted by Crippen LogP contribution is 2.34. The maximum atomic E-state index is 12.8. The van der Waals surface area contributed by atoms with Gasteiger partial charge in [-0.2, -0.15) is 5.10 Å². The highest BCUT2D eigenvalue weighted by molar-refractivity contribution is 5.89. The third-order valence-electron chi connectivity index (χ3n) is 6.74. The lowest BCUT2D eigenvalue weighted by Crippen LogP contribution is -2.54. The normalized spacial score (nSPS) is 26.0. The van der Waals surface area contributed by atoms with Crippen molar-refractivity contribution in [2.24, 2.45) is 5.10 Å². The van der Waals surface area contributed by atoms with E-state index in [9.17, 15) is 9.59 Å². The molecule has 1 aromatic rings. The Kier molecular flexibility index (Phi) is 6.08. The van der Waals surface area contributed by atoms with Gasteiger partial charge < -0.3 is 24.4 Å². The summed E-state index contributed by atoms with van der Waals surface area (Å²) in [5.74, 6) is 0.983. The van der Waals surface area contributed by atoms with Crippen LogP contribution in [0.3, 0.4) is 0 Å². The summed E-state index contributed by atoms with van der Waals surface area (Å²) in [4.78, 5) is 30.2. The lowest BCUT2D eigenvalue weighted by molar-refractivity contribution is -0.132. The molecule has 2 fully saturated rings. The minimum absolute atomic E-state index is 0.0504. The van der Waals surface area contributed by atoms with Crippen molar-refractivity contribution >= 4 is 17.8 Å². The third-order valence-corrected chi connectivity index (χ3v) is 6.74. The van der Waals surface area contributed by atoms with E-state index in [4.69, 9.17) is 4.74 Å². The predicted octanol–water partition coefficient (Wildman–Crippen LogP) is 1.42. The first-order chi connectivity index (χ1) is 16.1. The van der Waals surface area contributed by atoms with Crippen molar-refractivity contribution in [3.63, 3.8) is 0 Å². The molecule has 0 spiro atoms. The number of hydrogen-bond acceptors (Lipinski definition) is 8. The molecule has 5 rings (SSSR count). The van der Waals surface area contributed by atoms with Gasteiger partial charge in [0.2, 0.25) is 5.91 Å². The van der Waals surface area contributed by atoms with E-state index >= 15 is 0 Å². The molecule has 0 radical (unpaired) electrons. The fourth-order valence-corrected chi connectivity index (χ4v) is 4.94. The SMILES string of the molecule is CCOC(=O)N1CCN(C(=O)CCC2=NNC3C4CC(c5ccccc5)NN4C=CN23)CC1. The zero-order valence-electron chi connectivity index (χ0n) is 18.9. The van der Waals surface area contributed by atoms with Gasteiger partial charge in [0.25, 0.3) is 0 Å². The second kappa shape index (κ2) is 9.30. The Morgan fingerprint density at radius 1 is 1.09 bits per heavy atom. The highest BCUT2D eigenvalue weighted by Gasteiger charge is 2.44. The number of rotatable bonds is 5. The molecule has 176 valence electrons. The molecule has 3 unspecified atom stereocenters. The molecule has 10 nitrogen and oxygen atoms in total. The molecule has 4 heterocycles. The number of fused-ring (bicyclic) bond motifs is 3. The standard InChI is InChI=1S/C23H31N7O3/c1-2-33-23(32)28-12-10-27(11-13-28)21(31)9-8-20-24-25-22-19-16-18(17-6-4-3-5-7-17)26-30(19)15-14-29(20)22/h3-7,14-15,18-19,22,25-26H,2,8-13,16H2,1H3. The van der Waals surface area contributed by atoms with E-state index < -0.39 is 0 Å². The van der Waals surface area contributed by atoms with Crippen LogP contribution in [0.4, 0.5) is 4.79 Å². The quantitative estimate of drug-likeness (QED) is 0.697. The first kappa shape index (κ1) is 21.6. The molecule has 4 aliphatic heterocycles. The first-order valence-electron chi connectivity index (χ1n) is 11.7. The highest BCUT2D eigenvalue weighted by atomic mass is 16.6. The molecule has 0 saturated carbocycles. The van der Waals surface area contributed by atoms with Crippen LogP contribution in [0.1, 0.15) is 37.8 Å². The summed E-state index contributed by atoms with van der Waals surface area (Å²) in [7, 11) is 0. The Labute approximate surface area is 193 Å². The topological polar surface area (TPSA) is 92.7 Å². The molecule has 10 heteroatoms. The minimum Gasteiger partial charge on any atom is -0.450 e. The fraction of sp³-hybridized carbons (Fsp3) is 0.522. The summed E-state index contributed by atoms with van der Waals surface area (Å²) in [6, 6.07) is 11.0. The van der Waals surface area contributed by atoms with Crippen LogP contribution in [0.25, 0.3) is 0 Å². The number of ether oxygens (including phenoxy) is 1. The number of hydrazone groups is 1. The zero-order chi connectivity index (χ0) is 22.8. The number of nitrogens with zero attached hydrogens (tertiary/aromatic N) is 5. The molecular weight excluding hydrogens is 422 g/mol. The Balaban J connectivity index is 1.12. The van der Waals surface area contributed by atoms with Gasteiger partial charge in [-0.05, 0) is 18.9 Å². The van der Waals surface area contributed by atoms with Gasteiger partial charge in [-0.15, -0.1) is 0 Å². The van der Waals surface area contributed by atoms with Crippen LogP contribution < -0.4 is 10.9 Å². The molecule has 4 aliphatic rings. The predicted molar refractivity (Wildman–Crippen MR) is 122 cm³/mol. The van der Waals surface area contributed by atoms with Crippen molar-refractivity contribution in [3.05, 3.63) is 48.3 Å². The monoisotopic (exact) mass is 453 g/mol. The van der Waals surface area contributed by atoms with Crippen LogP contribution in [-0.2, 0) is 9.53 Å². The summed E-state index contributed by atoms with van der Waals surface area (Å²) in [5, 5.41) is 6.72. The van der Waals surface area contributed by atoms with Crippen LogP contribution >= 0.6 is 0 Å². The van der Waals surface area contributed by atoms with E-state index in [1.165, 1.54) is 5.56 Å². The first-order valence-corrected chi connectivity index (χ1v) is 11.7. The van der Waals surface area contributed by atoms with Crippen LogP contribution in [0.2, 0.25) is 0 Å². The number of piperazine rings is 1. The Morgan fingerprint density at radius 3 is 2.61 bits per heavy atom. The molecule has 1 aromatic carbocycles. The van der Waals surface area contributed by atoms with Crippen molar-refractivity contribution in [2.45, 2.75) is 44.4 Å². The van der Waals surface area contributed by atoms with Crippen molar-refractivity contribution in [1.29, 1.82) is 0 Å². The summed E-state index contributed by atoms with van der Waals surface area (Å²) in [6.07, 6.45) is 5.78. The van der Waals surface area contributed by atoms with Gasteiger partial charge in [0, 0.05) is 51.4 Å². The number of carbonyl (C=O) groups excluding carboxylic acids is 2. The van der Waals surface area contributed by atoms with Crippen molar-refractivity contribution in [2.75, 3.05) is 32.8 Å². The van der Waals surface area contributed by atoms with Gasteiger partial charge in [-0.1, -0.05) is 30.3 Å². The van der Waals surface area contributed by atoms with Gasteiger partial charge in [-0.25, -0.2) is 10.2 Å². The smallest absolute Gasteiger partial charge is 0.409 e. The van der Waals surface area contributed by atoms with Gasteiger partial charge in [0.1, 0.15) is 12.0 Å². The van der Waals surface area contributed by atoms with Gasteiger partial charge in [-0.3, -0.25) is 10.2 Å². The van der Waals surface area contributed by atoms with Crippen molar-refractivity contribution in [3.8, 4) is 0 Å². The molecule has 33 heavy (non-hydrogen) atoms. The average molecular weight is 454 g/mol. The number of benzene rings is 1. The molecule has 0 bridgehead atoms. The number of amides is 2. The van der Waals surface area contributed by atoms with Crippen LogP contribution in [-0.4, -0.2) is 82.5 Å². The maximum Gasteiger partial charge on any atom is 0.409 e. The fourth-order valence-electron chi connectivity index (χ4n) is 4.94. The van der Waals surface area contributed by atoms with E-state index in [0.29, 0.717) is 45.6 Å². The number of amidine groups is 1. The number of nitrogens with one attached hydrogen (secondary N) is 2. The average Bonchev–Trinajstić information content (AvgIpc) is 3.47. The number of hydrogen-bond donors (Lipinski definition) is 2. The summed E-state index contributed by atoms with van der Waals surface area (Å²) >= 11 is 0. The van der Waals surface area contributed by atoms with Crippen LogP contribution in [0.5, 0.6) is 0 Å². The largest absolute Gasteiger partial charge is 0.450 e. The van der Waals surface area contributed by atoms with Gasteiger partial charge in [0.15, 0.2) is 0 Å². The molecule has 0 aliphatic carbocycles. The van der Waals surface area contributed by atoms with E-state index in [2.05, 4.69) is 56.3 Å². The third kappa shape index (κ3) is 4.35. The Bertz CT molecular complexity index is 929. The molecular formula is C23H31N7O3. The molecule has 3 atom stereocenters. The molecule has 2 amide bonds. The van der Waals surface area contributed by atoms with E-state index in [1.807, 2.05) is 17.2 Å². The Hall–Kier alpha value is -3.27. The summed E-state index contributed by atoms with van der Waals surface area (Å²) in [5.41, 5.74) is 8.14. The number of hydrazine groups is 1. The van der Waals surface area contributed by atoms with Crippen LogP contribution in [0, 0.1) is 0 Å². The second-order valence-electron chi connectivity index (χ2n) is 8.68. The van der Waals surface area contributed by atoms with Gasteiger partial charge in [0.05, 0.1) is 18.7 Å². The zero-order valence-corrected chi connectivity index (χ0v) is 18.9. The van der Waals surface area contributed by atoms with E-state index in [1.54, 1.807) is 11.8 Å². The van der Waals surface area contributed by atoms with Gasteiger partial charge >= 0.3 is 6.09 Å². The van der Waals surface area contributed by atoms with Crippen molar-refractivity contribution < 1.29 is 14.3 Å². The lowest BCUT2D eigenvalue weighted by Gasteiger charge is -2.37. The van der Waals surface area contributed by atoms with Crippen LogP contribution in [0.15, 0.2) is 47.8 Å². The summed E-state index contributed by atoms with van der Waals surface area (Å²) < 4.78 is 5.04. The lowest BCUT2D eigenvalue weighted by atomic mass is 10.00. The minimum atomic E-state index is -0.302. The molecule has 2 N–H and O–H groups in total. The summed E-state index contributed by atoms with van der Waals surface area (Å²) in [6.45, 7) is 4.26. The Morgan fingerprint density at radius 2 is 1.85 bits per heavy atom. The molecule has 2 saturated heterocycles. The maximum absolute atomic E-state index is 12.8. The molecule has 0 aromatic heterocycles.